The Morgan fingerprint density at radius 3 is 2.72 bits per heavy atom. The summed E-state index contributed by atoms with van der Waals surface area (Å²) in [4.78, 5) is 12.5. The fourth-order valence-corrected chi connectivity index (χ4v) is 1.89. The third-order valence-electron chi connectivity index (χ3n) is 2.58. The fraction of sp³-hybridized carbons (Fsp3) is 0.385. The lowest BCUT2D eigenvalue weighted by molar-refractivity contribution is -0.136. The van der Waals surface area contributed by atoms with E-state index in [1.807, 2.05) is 18.7 Å². The second-order valence-electron chi connectivity index (χ2n) is 4.20. The average molecular weight is 267 g/mol. The molecule has 0 fully saturated rings. The van der Waals surface area contributed by atoms with Crippen LogP contribution in [0.4, 0.5) is 5.69 Å². The SMILES string of the molecule is CC(C)N(CCC(=O)O)c1ccc(Cl)cc1C#N. The zero-order valence-corrected chi connectivity index (χ0v) is 11.1. The van der Waals surface area contributed by atoms with Gasteiger partial charge < -0.3 is 10.0 Å². The van der Waals surface area contributed by atoms with Crippen LogP contribution in [0.3, 0.4) is 0 Å². The van der Waals surface area contributed by atoms with Crippen molar-refractivity contribution in [3.05, 3.63) is 28.8 Å². The number of carboxylic acids is 1. The maximum absolute atomic E-state index is 10.7. The molecule has 96 valence electrons. The van der Waals surface area contributed by atoms with Crippen LogP contribution in [0.15, 0.2) is 18.2 Å². The minimum atomic E-state index is -0.854. The van der Waals surface area contributed by atoms with Gasteiger partial charge in [-0.25, -0.2) is 0 Å². The van der Waals surface area contributed by atoms with Crippen LogP contribution in [0.25, 0.3) is 0 Å². The van der Waals surface area contributed by atoms with Crippen LogP contribution in [-0.4, -0.2) is 23.7 Å². The van der Waals surface area contributed by atoms with Gasteiger partial charge in [0.15, 0.2) is 0 Å². The molecule has 0 aromatic heterocycles. The summed E-state index contributed by atoms with van der Waals surface area (Å²) < 4.78 is 0. The Morgan fingerprint density at radius 2 is 2.22 bits per heavy atom. The second kappa shape index (κ2) is 6.27. The van der Waals surface area contributed by atoms with Gasteiger partial charge in [0, 0.05) is 17.6 Å². The maximum atomic E-state index is 10.7. The number of benzene rings is 1. The first-order valence-electron chi connectivity index (χ1n) is 5.63. The molecule has 0 amide bonds. The predicted octanol–water partition coefficient (Wildman–Crippen LogP) is 2.90. The summed E-state index contributed by atoms with van der Waals surface area (Å²) in [5.74, 6) is -0.854. The summed E-state index contributed by atoms with van der Waals surface area (Å²) in [5, 5.41) is 18.3. The number of nitriles is 1. The number of nitrogens with zero attached hydrogens (tertiary/aromatic N) is 2. The molecule has 0 saturated carbocycles. The van der Waals surface area contributed by atoms with Crippen molar-refractivity contribution in [1.29, 1.82) is 5.26 Å². The molecular formula is C13H15ClN2O2. The van der Waals surface area contributed by atoms with Gasteiger partial charge in [-0.2, -0.15) is 5.26 Å². The second-order valence-corrected chi connectivity index (χ2v) is 4.64. The van der Waals surface area contributed by atoms with E-state index in [0.717, 1.165) is 5.69 Å². The Morgan fingerprint density at radius 1 is 1.56 bits per heavy atom. The molecule has 1 aromatic rings. The highest BCUT2D eigenvalue weighted by Crippen LogP contribution is 2.25. The molecule has 0 aliphatic heterocycles. The molecule has 0 heterocycles. The summed E-state index contributed by atoms with van der Waals surface area (Å²) in [6.45, 7) is 4.28. The van der Waals surface area contributed by atoms with Gasteiger partial charge in [-0.1, -0.05) is 11.6 Å². The highest BCUT2D eigenvalue weighted by molar-refractivity contribution is 6.30. The average Bonchev–Trinajstić information content (AvgIpc) is 2.30. The molecule has 0 unspecified atom stereocenters. The Hall–Kier alpha value is -1.73. The van der Waals surface area contributed by atoms with E-state index in [9.17, 15) is 4.79 Å². The number of carbonyl (C=O) groups is 1. The van der Waals surface area contributed by atoms with E-state index in [1.165, 1.54) is 0 Å². The largest absolute Gasteiger partial charge is 0.481 e. The standard InChI is InChI=1S/C13H15ClN2O2/c1-9(2)16(6-5-13(17)18)12-4-3-11(14)7-10(12)8-15/h3-4,7,9H,5-6H2,1-2H3,(H,17,18). The molecule has 0 atom stereocenters. The Balaban J connectivity index is 3.06. The number of hydrogen-bond donors (Lipinski definition) is 1. The lowest BCUT2D eigenvalue weighted by atomic mass is 10.1. The highest BCUT2D eigenvalue weighted by Gasteiger charge is 2.15. The first-order chi connectivity index (χ1) is 8.45. The molecule has 5 heteroatoms. The van der Waals surface area contributed by atoms with Crippen LogP contribution in [0.1, 0.15) is 25.8 Å². The van der Waals surface area contributed by atoms with Gasteiger partial charge >= 0.3 is 5.97 Å². The van der Waals surface area contributed by atoms with Gasteiger partial charge in [0.1, 0.15) is 6.07 Å². The van der Waals surface area contributed by atoms with E-state index in [2.05, 4.69) is 6.07 Å². The van der Waals surface area contributed by atoms with E-state index in [-0.39, 0.29) is 12.5 Å². The first-order valence-corrected chi connectivity index (χ1v) is 6.01. The van der Waals surface area contributed by atoms with E-state index >= 15 is 0 Å². The van der Waals surface area contributed by atoms with Crippen molar-refractivity contribution in [2.45, 2.75) is 26.3 Å². The van der Waals surface area contributed by atoms with Crippen LogP contribution >= 0.6 is 11.6 Å². The molecule has 0 aliphatic rings. The summed E-state index contributed by atoms with van der Waals surface area (Å²) in [7, 11) is 0. The quantitative estimate of drug-likeness (QED) is 0.890. The molecule has 4 nitrogen and oxygen atoms in total. The lowest BCUT2D eigenvalue weighted by Gasteiger charge is -2.29. The zero-order chi connectivity index (χ0) is 13.7. The number of rotatable bonds is 5. The van der Waals surface area contributed by atoms with Crippen LogP contribution in [-0.2, 0) is 4.79 Å². The van der Waals surface area contributed by atoms with E-state index in [1.54, 1.807) is 18.2 Å². The number of anilines is 1. The first kappa shape index (κ1) is 14.3. The Kier molecular flexibility index (Phi) is 4.99. The van der Waals surface area contributed by atoms with Gasteiger partial charge in [-0.05, 0) is 32.0 Å². The van der Waals surface area contributed by atoms with Crippen molar-refractivity contribution in [2.24, 2.45) is 0 Å². The van der Waals surface area contributed by atoms with Crippen LogP contribution in [0.2, 0.25) is 5.02 Å². The van der Waals surface area contributed by atoms with Crippen molar-refractivity contribution in [2.75, 3.05) is 11.4 Å². The summed E-state index contributed by atoms with van der Waals surface area (Å²) >= 11 is 5.84. The van der Waals surface area contributed by atoms with Gasteiger partial charge in [-0.15, -0.1) is 0 Å². The molecule has 1 aromatic carbocycles. The zero-order valence-electron chi connectivity index (χ0n) is 10.4. The molecule has 1 rings (SSSR count). The van der Waals surface area contributed by atoms with Crippen molar-refractivity contribution in [3.63, 3.8) is 0 Å². The minimum Gasteiger partial charge on any atom is -0.481 e. The third-order valence-corrected chi connectivity index (χ3v) is 2.81. The van der Waals surface area contributed by atoms with E-state index in [0.29, 0.717) is 17.1 Å². The molecule has 0 spiro atoms. The summed E-state index contributed by atoms with van der Waals surface area (Å²) in [5.41, 5.74) is 1.18. The van der Waals surface area contributed by atoms with Crippen LogP contribution in [0, 0.1) is 11.3 Å². The number of hydrogen-bond acceptors (Lipinski definition) is 3. The molecule has 0 bridgehead atoms. The van der Waals surface area contributed by atoms with Crippen LogP contribution < -0.4 is 4.90 Å². The third kappa shape index (κ3) is 3.64. The van der Waals surface area contributed by atoms with Crippen molar-refractivity contribution in [3.8, 4) is 6.07 Å². The van der Waals surface area contributed by atoms with Gasteiger partial charge in [0.25, 0.3) is 0 Å². The van der Waals surface area contributed by atoms with E-state index in [4.69, 9.17) is 22.0 Å². The van der Waals surface area contributed by atoms with Gasteiger partial charge in [0.05, 0.1) is 17.7 Å². The predicted molar refractivity (Wildman–Crippen MR) is 70.9 cm³/mol. The monoisotopic (exact) mass is 266 g/mol. The number of carboxylic acid groups (broad SMARTS) is 1. The Labute approximate surface area is 111 Å². The van der Waals surface area contributed by atoms with Crippen LogP contribution in [0.5, 0.6) is 0 Å². The topological polar surface area (TPSA) is 64.3 Å². The molecule has 0 saturated heterocycles. The fourth-order valence-electron chi connectivity index (χ4n) is 1.72. The maximum Gasteiger partial charge on any atom is 0.305 e. The molecule has 18 heavy (non-hydrogen) atoms. The minimum absolute atomic E-state index is 0.0334. The summed E-state index contributed by atoms with van der Waals surface area (Å²) in [6, 6.07) is 7.24. The van der Waals surface area contributed by atoms with Gasteiger partial charge in [0.2, 0.25) is 0 Å². The lowest BCUT2D eigenvalue weighted by Crippen LogP contribution is -2.33. The summed E-state index contributed by atoms with van der Waals surface area (Å²) in [6.07, 6.45) is 0.0334. The van der Waals surface area contributed by atoms with E-state index < -0.39 is 5.97 Å². The van der Waals surface area contributed by atoms with Gasteiger partial charge in [-0.3, -0.25) is 4.79 Å². The highest BCUT2D eigenvalue weighted by atomic mass is 35.5. The molecule has 0 radical (unpaired) electrons. The number of aliphatic carboxylic acids is 1. The molecule has 0 aliphatic carbocycles. The van der Waals surface area contributed by atoms with Crippen molar-refractivity contribution in [1.82, 2.24) is 0 Å². The molecule has 1 N–H and O–H groups in total. The smallest absolute Gasteiger partial charge is 0.305 e. The normalized spacial score (nSPS) is 10.2. The van der Waals surface area contributed by atoms with Crippen molar-refractivity contribution >= 4 is 23.3 Å². The Bertz CT molecular complexity index is 480. The number of halogens is 1. The van der Waals surface area contributed by atoms with Crippen molar-refractivity contribution < 1.29 is 9.90 Å². The molecular weight excluding hydrogens is 252 g/mol.